The van der Waals surface area contributed by atoms with E-state index in [4.69, 9.17) is 11.5 Å². The van der Waals surface area contributed by atoms with Gasteiger partial charge in [0.1, 0.15) is 0 Å². The average Bonchev–Trinajstić information content (AvgIpc) is 2.29. The highest BCUT2D eigenvalue weighted by Crippen LogP contribution is 2.25. The van der Waals surface area contributed by atoms with Crippen LogP contribution >= 0.6 is 0 Å². The Morgan fingerprint density at radius 3 is 2.64 bits per heavy atom. The van der Waals surface area contributed by atoms with E-state index in [2.05, 4.69) is 11.9 Å². The Hall–Kier alpha value is -0.610. The number of hydrogen-bond donors (Lipinski definition) is 2. The highest BCUT2D eigenvalue weighted by atomic mass is 16.1. The van der Waals surface area contributed by atoms with Crippen molar-refractivity contribution >= 4 is 5.91 Å². The Morgan fingerprint density at radius 1 is 1.43 bits per heavy atom. The molecule has 0 aromatic heterocycles. The number of hydrogen-bond acceptors (Lipinski definition) is 3. The molecule has 0 saturated carbocycles. The van der Waals surface area contributed by atoms with E-state index < -0.39 is 5.54 Å². The third-order valence-electron chi connectivity index (χ3n) is 3.33. The first kappa shape index (κ1) is 11.5. The molecule has 1 rings (SSSR count). The lowest BCUT2D eigenvalue weighted by atomic mass is 9.81. The second-order valence-electron chi connectivity index (χ2n) is 4.58. The molecule has 82 valence electrons. The maximum Gasteiger partial charge on any atom is 0.237 e. The van der Waals surface area contributed by atoms with Crippen molar-refractivity contribution in [1.29, 1.82) is 0 Å². The number of amides is 1. The quantitative estimate of drug-likeness (QED) is 0.653. The number of carbonyl (C=O) groups excluding carboxylic acids is 1. The molecule has 1 saturated heterocycles. The predicted octanol–water partition coefficient (Wildman–Crippen LogP) is -0.0790. The summed E-state index contributed by atoms with van der Waals surface area (Å²) >= 11 is 0. The molecule has 2 unspecified atom stereocenters. The molecule has 0 spiro atoms. The molecule has 4 nitrogen and oxygen atoms in total. The van der Waals surface area contributed by atoms with Crippen LogP contribution in [0.1, 0.15) is 26.2 Å². The van der Waals surface area contributed by atoms with Gasteiger partial charge in [-0.05, 0) is 52.2 Å². The van der Waals surface area contributed by atoms with Gasteiger partial charge < -0.3 is 16.4 Å². The van der Waals surface area contributed by atoms with Crippen molar-refractivity contribution in [2.24, 2.45) is 17.4 Å². The minimum Gasteiger partial charge on any atom is -0.368 e. The Kier molecular flexibility index (Phi) is 3.50. The summed E-state index contributed by atoms with van der Waals surface area (Å²) < 4.78 is 0. The molecule has 14 heavy (non-hydrogen) atoms. The number of carbonyl (C=O) groups is 1. The first-order valence-electron chi connectivity index (χ1n) is 5.22. The molecular weight excluding hydrogens is 178 g/mol. The molecule has 4 heteroatoms. The summed E-state index contributed by atoms with van der Waals surface area (Å²) in [5.41, 5.74) is 10.4. The smallest absolute Gasteiger partial charge is 0.237 e. The fourth-order valence-corrected chi connectivity index (χ4v) is 2.04. The summed E-state index contributed by atoms with van der Waals surface area (Å²) in [4.78, 5) is 13.5. The second kappa shape index (κ2) is 4.28. The zero-order chi connectivity index (χ0) is 10.8. The zero-order valence-corrected chi connectivity index (χ0v) is 9.12. The van der Waals surface area contributed by atoms with Crippen LogP contribution in [0.4, 0.5) is 0 Å². The van der Waals surface area contributed by atoms with Crippen LogP contribution < -0.4 is 11.5 Å². The molecule has 0 aromatic rings. The van der Waals surface area contributed by atoms with E-state index in [0.717, 1.165) is 32.4 Å². The van der Waals surface area contributed by atoms with E-state index in [9.17, 15) is 4.79 Å². The third kappa shape index (κ3) is 2.45. The van der Waals surface area contributed by atoms with Crippen LogP contribution in [0, 0.1) is 5.92 Å². The summed E-state index contributed by atoms with van der Waals surface area (Å²) in [6.45, 7) is 3.85. The summed E-state index contributed by atoms with van der Waals surface area (Å²) in [6.07, 6.45) is 3.06. The highest BCUT2D eigenvalue weighted by Gasteiger charge is 2.36. The standard InChI is InChI=1S/C10H21N3O/c1-10(12,9(11)14)8-4-3-6-13(2)7-5-8/h8H,3-7,12H2,1-2H3,(H2,11,14). The molecule has 1 heterocycles. The molecule has 1 fully saturated rings. The van der Waals surface area contributed by atoms with Gasteiger partial charge in [-0.25, -0.2) is 0 Å². The minimum atomic E-state index is -0.842. The van der Waals surface area contributed by atoms with Gasteiger partial charge in [-0.2, -0.15) is 0 Å². The van der Waals surface area contributed by atoms with Crippen molar-refractivity contribution in [2.75, 3.05) is 20.1 Å². The van der Waals surface area contributed by atoms with E-state index in [1.165, 1.54) is 0 Å². The molecule has 0 bridgehead atoms. The molecule has 1 aliphatic heterocycles. The molecule has 1 aliphatic rings. The fraction of sp³-hybridized carbons (Fsp3) is 0.900. The second-order valence-corrected chi connectivity index (χ2v) is 4.58. The Bertz CT molecular complexity index is 215. The van der Waals surface area contributed by atoms with Gasteiger partial charge in [-0.3, -0.25) is 4.79 Å². The van der Waals surface area contributed by atoms with Crippen LogP contribution in [-0.4, -0.2) is 36.5 Å². The largest absolute Gasteiger partial charge is 0.368 e. The molecule has 0 aliphatic carbocycles. The van der Waals surface area contributed by atoms with Gasteiger partial charge in [0.25, 0.3) is 0 Å². The minimum absolute atomic E-state index is 0.227. The van der Waals surface area contributed by atoms with E-state index in [1.807, 2.05) is 0 Å². The Labute approximate surface area is 85.6 Å². The van der Waals surface area contributed by atoms with Crippen molar-refractivity contribution in [3.8, 4) is 0 Å². The number of nitrogens with zero attached hydrogens (tertiary/aromatic N) is 1. The highest BCUT2D eigenvalue weighted by molar-refractivity contribution is 5.84. The van der Waals surface area contributed by atoms with Gasteiger partial charge in [0.05, 0.1) is 5.54 Å². The molecule has 1 amide bonds. The number of likely N-dealkylation sites (tertiary alicyclic amines) is 1. The van der Waals surface area contributed by atoms with Crippen LogP contribution in [0.2, 0.25) is 0 Å². The van der Waals surface area contributed by atoms with Crippen molar-refractivity contribution in [3.63, 3.8) is 0 Å². The van der Waals surface area contributed by atoms with Crippen LogP contribution in [0.15, 0.2) is 0 Å². The first-order chi connectivity index (χ1) is 6.44. The number of rotatable bonds is 2. The average molecular weight is 199 g/mol. The van der Waals surface area contributed by atoms with Crippen molar-refractivity contribution < 1.29 is 4.79 Å². The Balaban J connectivity index is 2.63. The van der Waals surface area contributed by atoms with E-state index >= 15 is 0 Å². The maximum absolute atomic E-state index is 11.2. The SMILES string of the molecule is CN1CCCC(C(C)(N)C(N)=O)CC1. The van der Waals surface area contributed by atoms with Gasteiger partial charge in [-0.15, -0.1) is 0 Å². The molecule has 0 aromatic carbocycles. The Morgan fingerprint density at radius 2 is 2.07 bits per heavy atom. The van der Waals surface area contributed by atoms with Gasteiger partial charge in [-0.1, -0.05) is 0 Å². The van der Waals surface area contributed by atoms with E-state index in [1.54, 1.807) is 6.92 Å². The first-order valence-corrected chi connectivity index (χ1v) is 5.22. The lowest BCUT2D eigenvalue weighted by Gasteiger charge is -2.30. The predicted molar refractivity (Wildman–Crippen MR) is 56.6 cm³/mol. The maximum atomic E-state index is 11.2. The van der Waals surface area contributed by atoms with Crippen LogP contribution in [0.5, 0.6) is 0 Å². The molecule has 0 radical (unpaired) electrons. The molecule has 2 atom stereocenters. The summed E-state index contributed by atoms with van der Waals surface area (Å²) in [5.74, 6) is -0.156. The number of nitrogens with two attached hydrogens (primary N) is 2. The van der Waals surface area contributed by atoms with Gasteiger partial charge in [0.2, 0.25) is 5.91 Å². The zero-order valence-electron chi connectivity index (χ0n) is 9.12. The number of primary amides is 1. The fourth-order valence-electron chi connectivity index (χ4n) is 2.04. The van der Waals surface area contributed by atoms with Crippen molar-refractivity contribution in [2.45, 2.75) is 31.7 Å². The summed E-state index contributed by atoms with van der Waals surface area (Å²) in [7, 11) is 2.10. The van der Waals surface area contributed by atoms with E-state index in [0.29, 0.717) is 0 Å². The van der Waals surface area contributed by atoms with Crippen LogP contribution in [0.25, 0.3) is 0 Å². The monoisotopic (exact) mass is 199 g/mol. The van der Waals surface area contributed by atoms with Crippen LogP contribution in [0.3, 0.4) is 0 Å². The lowest BCUT2D eigenvalue weighted by Crippen LogP contribution is -2.55. The molecular formula is C10H21N3O. The van der Waals surface area contributed by atoms with E-state index in [-0.39, 0.29) is 11.8 Å². The topological polar surface area (TPSA) is 72.3 Å². The van der Waals surface area contributed by atoms with Gasteiger partial charge in [0, 0.05) is 0 Å². The van der Waals surface area contributed by atoms with Crippen molar-refractivity contribution in [1.82, 2.24) is 4.90 Å². The lowest BCUT2D eigenvalue weighted by molar-refractivity contribution is -0.124. The van der Waals surface area contributed by atoms with Gasteiger partial charge in [0.15, 0.2) is 0 Å². The van der Waals surface area contributed by atoms with Gasteiger partial charge >= 0.3 is 0 Å². The summed E-state index contributed by atoms with van der Waals surface area (Å²) in [5, 5.41) is 0. The molecule has 4 N–H and O–H groups in total. The van der Waals surface area contributed by atoms with Crippen LogP contribution in [-0.2, 0) is 4.79 Å². The summed E-state index contributed by atoms with van der Waals surface area (Å²) in [6, 6.07) is 0. The third-order valence-corrected chi connectivity index (χ3v) is 3.33. The van der Waals surface area contributed by atoms with Crippen molar-refractivity contribution in [3.05, 3.63) is 0 Å². The normalized spacial score (nSPS) is 29.2.